The van der Waals surface area contributed by atoms with Crippen molar-refractivity contribution in [3.63, 3.8) is 0 Å². The van der Waals surface area contributed by atoms with Crippen molar-refractivity contribution in [1.29, 1.82) is 0 Å². The Labute approximate surface area is 160 Å². The molecule has 0 aliphatic heterocycles. The van der Waals surface area contributed by atoms with Crippen molar-refractivity contribution in [3.05, 3.63) is 83.4 Å². The van der Waals surface area contributed by atoms with E-state index in [1.54, 1.807) is 6.07 Å². The van der Waals surface area contributed by atoms with Crippen LogP contribution in [0.2, 0.25) is 0 Å². The van der Waals surface area contributed by atoms with Gasteiger partial charge in [0.2, 0.25) is 9.84 Å². The number of carbonyl (C=O) groups is 1. The highest BCUT2D eigenvalue weighted by Crippen LogP contribution is 2.37. The van der Waals surface area contributed by atoms with E-state index in [4.69, 9.17) is 0 Å². The van der Waals surface area contributed by atoms with Gasteiger partial charge in [0.25, 0.3) is 5.91 Å². The Morgan fingerprint density at radius 3 is 2.29 bits per heavy atom. The lowest BCUT2D eigenvalue weighted by atomic mass is 10.1. The Kier molecular flexibility index (Phi) is 4.47. The third kappa shape index (κ3) is 3.18. The first kappa shape index (κ1) is 18.3. The Morgan fingerprint density at radius 1 is 0.893 bits per heavy atom. The van der Waals surface area contributed by atoms with E-state index in [2.05, 4.69) is 11.4 Å². The van der Waals surface area contributed by atoms with Gasteiger partial charge in [0.15, 0.2) is 0 Å². The number of amides is 1. The van der Waals surface area contributed by atoms with Crippen molar-refractivity contribution in [2.45, 2.75) is 17.1 Å². The van der Waals surface area contributed by atoms with Crippen LogP contribution in [0.5, 0.6) is 0 Å². The van der Waals surface area contributed by atoms with Crippen LogP contribution < -0.4 is 5.32 Å². The molecule has 0 bridgehead atoms. The van der Waals surface area contributed by atoms with Gasteiger partial charge in [-0.1, -0.05) is 30.3 Å². The minimum absolute atomic E-state index is 0.175. The van der Waals surface area contributed by atoms with E-state index in [0.29, 0.717) is 5.69 Å². The summed E-state index contributed by atoms with van der Waals surface area (Å²) in [6.07, 6.45) is 0.847. The van der Waals surface area contributed by atoms with Crippen LogP contribution in [0.3, 0.4) is 0 Å². The third-order valence-corrected chi connectivity index (χ3v) is 6.13. The fraction of sp³-hybridized carbons (Fsp3) is 0.0952. The number of hydrogen-bond acceptors (Lipinski definition) is 3. The maximum absolute atomic E-state index is 12.6. The molecular weight excluding hydrogens is 384 g/mol. The Morgan fingerprint density at radius 2 is 1.57 bits per heavy atom. The lowest BCUT2D eigenvalue weighted by Gasteiger charge is -2.09. The average molecular weight is 399 g/mol. The van der Waals surface area contributed by atoms with Crippen LogP contribution in [0.25, 0.3) is 11.1 Å². The minimum atomic E-state index is -4.68. The summed E-state index contributed by atoms with van der Waals surface area (Å²) < 4.78 is 48.1. The molecular formula is C21H15F2NO3S. The van der Waals surface area contributed by atoms with E-state index < -0.39 is 26.4 Å². The summed E-state index contributed by atoms with van der Waals surface area (Å²) in [5.41, 5.74) is 5.39. The van der Waals surface area contributed by atoms with E-state index in [-0.39, 0.29) is 5.56 Å². The van der Waals surface area contributed by atoms with Gasteiger partial charge >= 0.3 is 5.76 Å². The zero-order valence-electron chi connectivity index (χ0n) is 14.5. The fourth-order valence-corrected chi connectivity index (χ4v) is 4.02. The van der Waals surface area contributed by atoms with Crippen LogP contribution >= 0.6 is 0 Å². The number of alkyl halides is 2. The Hall–Kier alpha value is -3.06. The first-order valence-corrected chi connectivity index (χ1v) is 10.1. The van der Waals surface area contributed by atoms with Gasteiger partial charge in [-0.25, -0.2) is 8.42 Å². The van der Waals surface area contributed by atoms with Gasteiger partial charge in [-0.2, -0.15) is 8.78 Å². The molecule has 7 heteroatoms. The smallest absolute Gasteiger partial charge is 0.322 e. The summed E-state index contributed by atoms with van der Waals surface area (Å²) in [6, 6.07) is 18.2. The number of sulfone groups is 1. The minimum Gasteiger partial charge on any atom is -0.322 e. The molecule has 1 N–H and O–H groups in total. The predicted molar refractivity (Wildman–Crippen MR) is 102 cm³/mol. The number of halogens is 2. The predicted octanol–water partition coefficient (Wildman–Crippen LogP) is 4.51. The van der Waals surface area contributed by atoms with Crippen LogP contribution in [0.15, 0.2) is 71.6 Å². The molecule has 3 aromatic rings. The first-order chi connectivity index (χ1) is 13.4. The van der Waals surface area contributed by atoms with Crippen molar-refractivity contribution in [1.82, 2.24) is 0 Å². The van der Waals surface area contributed by atoms with Crippen molar-refractivity contribution in [2.75, 3.05) is 5.32 Å². The summed E-state index contributed by atoms with van der Waals surface area (Å²) in [5, 5.41) is 2.76. The van der Waals surface area contributed by atoms with Crippen LogP contribution in [0.4, 0.5) is 14.5 Å². The molecule has 4 rings (SSSR count). The van der Waals surface area contributed by atoms with Crippen molar-refractivity contribution >= 4 is 21.4 Å². The number of benzene rings is 3. The molecule has 0 fully saturated rings. The molecule has 0 heterocycles. The number of anilines is 1. The third-order valence-electron chi connectivity index (χ3n) is 4.74. The summed E-state index contributed by atoms with van der Waals surface area (Å²) in [6.45, 7) is 0. The van der Waals surface area contributed by atoms with Gasteiger partial charge in [0, 0.05) is 11.3 Å². The molecule has 4 nitrogen and oxygen atoms in total. The van der Waals surface area contributed by atoms with Gasteiger partial charge in [-0.15, -0.1) is 0 Å². The Balaban J connectivity index is 1.56. The Bertz CT molecular complexity index is 1170. The van der Waals surface area contributed by atoms with Gasteiger partial charge < -0.3 is 5.32 Å². The number of carbonyl (C=O) groups excluding carboxylic acids is 1. The van der Waals surface area contributed by atoms with Crippen LogP contribution in [0.1, 0.15) is 21.5 Å². The molecule has 0 atom stereocenters. The summed E-state index contributed by atoms with van der Waals surface area (Å²) in [4.78, 5) is 11.9. The average Bonchev–Trinajstić information content (AvgIpc) is 3.06. The monoisotopic (exact) mass is 399 g/mol. The second kappa shape index (κ2) is 6.83. The molecule has 0 spiro atoms. The van der Waals surface area contributed by atoms with Gasteiger partial charge in [-0.3, -0.25) is 4.79 Å². The highest BCUT2D eigenvalue weighted by Gasteiger charge is 2.26. The second-order valence-corrected chi connectivity index (χ2v) is 8.41. The lowest BCUT2D eigenvalue weighted by Crippen LogP contribution is -2.14. The van der Waals surface area contributed by atoms with E-state index in [0.717, 1.165) is 29.7 Å². The normalized spacial score (nSPS) is 12.5. The number of hydrogen-bond donors (Lipinski definition) is 1. The highest BCUT2D eigenvalue weighted by atomic mass is 32.2. The number of nitrogens with one attached hydrogen (secondary N) is 1. The molecule has 0 saturated heterocycles. The second-order valence-electron chi connectivity index (χ2n) is 6.49. The molecule has 0 unspecified atom stereocenters. The van der Waals surface area contributed by atoms with Crippen molar-refractivity contribution in [3.8, 4) is 11.1 Å². The molecule has 1 aliphatic rings. The molecule has 142 valence electrons. The highest BCUT2D eigenvalue weighted by molar-refractivity contribution is 7.91. The molecule has 0 aromatic heterocycles. The van der Waals surface area contributed by atoms with E-state index >= 15 is 0 Å². The zero-order valence-corrected chi connectivity index (χ0v) is 15.3. The van der Waals surface area contributed by atoms with Crippen LogP contribution in [0, 0.1) is 0 Å². The fourth-order valence-electron chi connectivity index (χ4n) is 3.30. The van der Waals surface area contributed by atoms with Crippen LogP contribution in [-0.2, 0) is 16.3 Å². The first-order valence-electron chi connectivity index (χ1n) is 8.51. The molecule has 1 aliphatic carbocycles. The van der Waals surface area contributed by atoms with Gasteiger partial charge in [-0.05, 0) is 65.1 Å². The standard InChI is InChI=1S/C21H15F2NO3S/c22-21(23)28(26,27)17-9-6-13(7-10-17)20(25)24-16-8-5-15-11-14-3-1-2-4-18(14)19(15)12-16/h1-10,12,21H,11H2,(H,24,25). The van der Waals surface area contributed by atoms with Gasteiger partial charge in [0.1, 0.15) is 0 Å². The SMILES string of the molecule is O=C(Nc1ccc2c(c1)-c1ccccc1C2)c1ccc(S(=O)(=O)C(F)F)cc1. The quantitative estimate of drug-likeness (QED) is 0.549. The largest absolute Gasteiger partial charge is 0.341 e. The molecule has 3 aromatic carbocycles. The number of fused-ring (bicyclic) bond motifs is 3. The molecule has 0 saturated carbocycles. The maximum Gasteiger partial charge on any atom is 0.341 e. The summed E-state index contributed by atoms with van der Waals surface area (Å²) >= 11 is 0. The molecule has 28 heavy (non-hydrogen) atoms. The maximum atomic E-state index is 12.6. The number of rotatable bonds is 4. The zero-order chi connectivity index (χ0) is 19.9. The summed E-state index contributed by atoms with van der Waals surface area (Å²) in [5.74, 6) is -3.95. The van der Waals surface area contributed by atoms with E-state index in [9.17, 15) is 22.0 Å². The van der Waals surface area contributed by atoms with E-state index in [1.165, 1.54) is 23.3 Å². The summed E-state index contributed by atoms with van der Waals surface area (Å²) in [7, 11) is -4.68. The van der Waals surface area contributed by atoms with Gasteiger partial charge in [0.05, 0.1) is 4.90 Å². The lowest BCUT2D eigenvalue weighted by molar-refractivity contribution is 0.102. The topological polar surface area (TPSA) is 63.2 Å². The molecule has 1 amide bonds. The van der Waals surface area contributed by atoms with Crippen molar-refractivity contribution in [2.24, 2.45) is 0 Å². The molecule has 0 radical (unpaired) electrons. The van der Waals surface area contributed by atoms with Crippen LogP contribution in [-0.4, -0.2) is 20.1 Å². The van der Waals surface area contributed by atoms with E-state index in [1.807, 2.05) is 30.3 Å². The van der Waals surface area contributed by atoms with Crippen molar-refractivity contribution < 1.29 is 22.0 Å².